The normalized spacial score (nSPS) is 10.0. The van der Waals surface area contributed by atoms with Crippen molar-refractivity contribution in [3.8, 4) is 0 Å². The number of rotatable bonds is 6. The van der Waals surface area contributed by atoms with Crippen molar-refractivity contribution in [1.82, 2.24) is 15.3 Å². The number of esters is 1. The zero-order chi connectivity index (χ0) is 19.8. The molecule has 0 radical (unpaired) electrons. The Bertz CT molecular complexity index is 826. The number of benzene rings is 1. The third kappa shape index (κ3) is 6.38. The zero-order valence-corrected chi connectivity index (χ0v) is 15.4. The van der Waals surface area contributed by atoms with E-state index in [-0.39, 0.29) is 6.54 Å². The molecule has 0 fully saturated rings. The van der Waals surface area contributed by atoms with Crippen molar-refractivity contribution in [3.63, 3.8) is 0 Å². The van der Waals surface area contributed by atoms with Gasteiger partial charge in [-0.05, 0) is 31.5 Å². The van der Waals surface area contributed by atoms with Gasteiger partial charge in [0.15, 0.2) is 6.61 Å². The van der Waals surface area contributed by atoms with Gasteiger partial charge in [-0.3, -0.25) is 14.9 Å². The molecule has 0 spiro atoms. The van der Waals surface area contributed by atoms with Gasteiger partial charge in [-0.25, -0.2) is 14.8 Å². The van der Waals surface area contributed by atoms with E-state index in [2.05, 4.69) is 20.6 Å². The maximum atomic E-state index is 11.9. The fraction of sp³-hybridized carbons (Fsp3) is 0.278. The Labute approximate surface area is 156 Å². The summed E-state index contributed by atoms with van der Waals surface area (Å²) in [6.45, 7) is 3.09. The van der Waals surface area contributed by atoms with Crippen LogP contribution in [0.4, 0.5) is 16.4 Å². The van der Waals surface area contributed by atoms with Crippen molar-refractivity contribution >= 4 is 29.5 Å². The zero-order valence-electron chi connectivity index (χ0n) is 15.4. The van der Waals surface area contributed by atoms with Crippen LogP contribution in [0.15, 0.2) is 36.7 Å². The molecule has 142 valence electrons. The molecule has 27 heavy (non-hydrogen) atoms. The Hall–Kier alpha value is -3.49. The molecule has 0 aliphatic rings. The molecule has 0 unspecified atom stereocenters. The number of carbonyl (C=O) groups excluding carboxylic acids is 3. The van der Waals surface area contributed by atoms with Crippen molar-refractivity contribution in [2.24, 2.45) is 0 Å². The molecule has 0 saturated carbocycles. The highest BCUT2D eigenvalue weighted by molar-refractivity contribution is 6.02. The molecule has 0 bridgehead atoms. The molecule has 0 atom stereocenters. The molecular weight excluding hydrogens is 350 g/mol. The third-order valence-corrected chi connectivity index (χ3v) is 3.51. The molecule has 2 rings (SSSR count). The Morgan fingerprint density at radius 2 is 1.85 bits per heavy atom. The highest BCUT2D eigenvalue weighted by Crippen LogP contribution is 2.15. The topological polar surface area (TPSA) is 114 Å². The van der Waals surface area contributed by atoms with Gasteiger partial charge in [0.25, 0.3) is 5.91 Å². The lowest BCUT2D eigenvalue weighted by atomic mass is 10.1. The number of anilines is 2. The maximum absolute atomic E-state index is 11.9. The summed E-state index contributed by atoms with van der Waals surface area (Å²) in [4.78, 5) is 44.9. The van der Waals surface area contributed by atoms with Crippen LogP contribution in [-0.2, 0) is 14.3 Å². The fourth-order valence-electron chi connectivity index (χ4n) is 2.21. The summed E-state index contributed by atoms with van der Waals surface area (Å²) in [6.07, 6.45) is 3.10. The molecule has 0 aliphatic heterocycles. The average Bonchev–Trinajstić information content (AvgIpc) is 2.63. The lowest BCUT2D eigenvalue weighted by Gasteiger charge is -2.15. The molecule has 3 amide bonds. The summed E-state index contributed by atoms with van der Waals surface area (Å²) in [5.41, 5.74) is 2.52. The molecule has 2 N–H and O–H groups in total. The van der Waals surface area contributed by atoms with E-state index in [1.165, 1.54) is 4.90 Å². The van der Waals surface area contributed by atoms with Gasteiger partial charge in [0, 0.05) is 25.1 Å². The van der Waals surface area contributed by atoms with Crippen LogP contribution in [0.1, 0.15) is 11.1 Å². The molecule has 9 nitrogen and oxygen atoms in total. The van der Waals surface area contributed by atoms with E-state index in [1.54, 1.807) is 31.6 Å². The minimum Gasteiger partial charge on any atom is -0.454 e. The number of ether oxygens (including phenoxy) is 1. The summed E-state index contributed by atoms with van der Waals surface area (Å²) < 4.78 is 4.86. The van der Waals surface area contributed by atoms with Gasteiger partial charge in [-0.15, -0.1) is 0 Å². The maximum Gasteiger partial charge on any atom is 0.326 e. The second kappa shape index (κ2) is 9.27. The summed E-state index contributed by atoms with van der Waals surface area (Å²) in [5.74, 6) is -1.02. The van der Waals surface area contributed by atoms with Crippen LogP contribution >= 0.6 is 0 Å². The first-order valence-electron chi connectivity index (χ1n) is 8.17. The van der Waals surface area contributed by atoms with E-state index in [9.17, 15) is 14.4 Å². The molecule has 1 aromatic heterocycles. The van der Waals surface area contributed by atoms with Gasteiger partial charge in [0.05, 0.1) is 0 Å². The van der Waals surface area contributed by atoms with Crippen molar-refractivity contribution in [3.05, 3.63) is 47.8 Å². The van der Waals surface area contributed by atoms with Gasteiger partial charge in [0.1, 0.15) is 6.54 Å². The molecular formula is C18H21N5O4. The summed E-state index contributed by atoms with van der Waals surface area (Å²) in [7, 11) is 1.62. The van der Waals surface area contributed by atoms with E-state index in [4.69, 9.17) is 4.74 Å². The summed E-state index contributed by atoms with van der Waals surface area (Å²) in [6, 6.07) is 6.46. The molecule has 2 aromatic rings. The van der Waals surface area contributed by atoms with Crippen LogP contribution in [0.5, 0.6) is 0 Å². The average molecular weight is 371 g/mol. The number of hydrogen-bond acceptors (Lipinski definition) is 7. The van der Waals surface area contributed by atoms with Crippen molar-refractivity contribution in [1.29, 1.82) is 0 Å². The molecule has 0 saturated heterocycles. The first-order valence-corrected chi connectivity index (χ1v) is 8.17. The standard InChI is InChI=1S/C18H21N5O4/c1-12-5-6-14(13(2)9-12)21-18(26)22-15(24)11-27-16(25)10-23(3)17-19-7-4-8-20-17/h4-9H,10-11H2,1-3H3,(H2,21,22,24,26). The number of aromatic nitrogens is 2. The van der Waals surface area contributed by atoms with Crippen LogP contribution in [-0.4, -0.2) is 48.1 Å². The van der Waals surface area contributed by atoms with Crippen LogP contribution in [0.2, 0.25) is 0 Å². The van der Waals surface area contributed by atoms with Crippen LogP contribution in [0.25, 0.3) is 0 Å². The fourth-order valence-corrected chi connectivity index (χ4v) is 2.21. The number of urea groups is 1. The number of nitrogens with one attached hydrogen (secondary N) is 2. The SMILES string of the molecule is Cc1ccc(NC(=O)NC(=O)COC(=O)CN(C)c2ncccn2)c(C)c1. The number of amides is 3. The Balaban J connectivity index is 1.75. The second-order valence-corrected chi connectivity index (χ2v) is 5.89. The van der Waals surface area contributed by atoms with Crippen LogP contribution in [0.3, 0.4) is 0 Å². The molecule has 1 heterocycles. The Morgan fingerprint density at radius 3 is 2.52 bits per heavy atom. The lowest BCUT2D eigenvalue weighted by molar-refractivity contribution is -0.146. The predicted molar refractivity (Wildman–Crippen MR) is 99.3 cm³/mol. The van der Waals surface area contributed by atoms with E-state index in [1.807, 2.05) is 26.0 Å². The summed E-state index contributed by atoms with van der Waals surface area (Å²) in [5, 5.41) is 4.68. The summed E-state index contributed by atoms with van der Waals surface area (Å²) >= 11 is 0. The van der Waals surface area contributed by atoms with Gasteiger partial charge in [0.2, 0.25) is 5.95 Å². The van der Waals surface area contributed by atoms with E-state index >= 15 is 0 Å². The minimum atomic E-state index is -0.732. The van der Waals surface area contributed by atoms with E-state index in [0.29, 0.717) is 11.6 Å². The van der Waals surface area contributed by atoms with Crippen LogP contribution in [0, 0.1) is 13.8 Å². The quantitative estimate of drug-likeness (QED) is 0.738. The highest BCUT2D eigenvalue weighted by Gasteiger charge is 2.14. The van der Waals surface area contributed by atoms with Crippen molar-refractivity contribution in [2.75, 3.05) is 30.4 Å². The predicted octanol–water partition coefficient (Wildman–Crippen LogP) is 1.42. The van der Waals surface area contributed by atoms with E-state index in [0.717, 1.165) is 11.1 Å². The van der Waals surface area contributed by atoms with E-state index < -0.39 is 24.5 Å². The molecule has 1 aromatic carbocycles. The third-order valence-electron chi connectivity index (χ3n) is 3.51. The van der Waals surface area contributed by atoms with Crippen molar-refractivity contribution in [2.45, 2.75) is 13.8 Å². The second-order valence-electron chi connectivity index (χ2n) is 5.89. The van der Waals surface area contributed by atoms with Gasteiger partial charge < -0.3 is 15.0 Å². The monoisotopic (exact) mass is 371 g/mol. The number of likely N-dealkylation sites (N-methyl/N-ethyl adjacent to an activating group) is 1. The lowest BCUT2D eigenvalue weighted by Crippen LogP contribution is -2.38. The van der Waals surface area contributed by atoms with Crippen molar-refractivity contribution < 1.29 is 19.1 Å². The van der Waals surface area contributed by atoms with Gasteiger partial charge in [-0.2, -0.15) is 0 Å². The smallest absolute Gasteiger partial charge is 0.326 e. The molecule has 9 heteroatoms. The van der Waals surface area contributed by atoms with Crippen LogP contribution < -0.4 is 15.5 Å². The Morgan fingerprint density at radius 1 is 1.15 bits per heavy atom. The number of hydrogen-bond donors (Lipinski definition) is 2. The highest BCUT2D eigenvalue weighted by atomic mass is 16.5. The first-order chi connectivity index (χ1) is 12.8. The Kier molecular flexibility index (Phi) is 6.81. The van der Waals surface area contributed by atoms with Gasteiger partial charge in [-0.1, -0.05) is 17.7 Å². The minimum absolute atomic E-state index is 0.133. The largest absolute Gasteiger partial charge is 0.454 e. The first kappa shape index (κ1) is 19.8. The number of nitrogens with zero attached hydrogens (tertiary/aromatic N) is 3. The molecule has 0 aliphatic carbocycles. The number of aryl methyl sites for hydroxylation is 2. The number of carbonyl (C=O) groups is 3. The number of imide groups is 1. The van der Waals surface area contributed by atoms with Gasteiger partial charge >= 0.3 is 12.0 Å².